The lowest BCUT2D eigenvalue weighted by molar-refractivity contribution is 1.04. The molecule has 2 aromatic heterocycles. The normalized spacial score (nSPS) is 10.6. The van der Waals surface area contributed by atoms with E-state index in [9.17, 15) is 0 Å². The summed E-state index contributed by atoms with van der Waals surface area (Å²) in [5.74, 6) is 1.62. The van der Waals surface area contributed by atoms with Crippen LogP contribution in [0.2, 0.25) is 0 Å². The highest BCUT2D eigenvalue weighted by atomic mass is 32.1. The summed E-state index contributed by atoms with van der Waals surface area (Å²) in [6, 6.07) is 0. The highest BCUT2D eigenvalue weighted by Crippen LogP contribution is 2.24. The van der Waals surface area contributed by atoms with Crippen molar-refractivity contribution in [2.24, 2.45) is 0 Å². The number of anilines is 1. The molecule has 0 radical (unpaired) electrons. The summed E-state index contributed by atoms with van der Waals surface area (Å²) in [5, 5.41) is 6.15. The smallest absolute Gasteiger partial charge is 0.190 e. The van der Waals surface area contributed by atoms with Crippen LogP contribution in [0, 0.1) is 20.8 Å². The van der Waals surface area contributed by atoms with Crippen LogP contribution in [-0.4, -0.2) is 21.5 Å². The van der Waals surface area contributed by atoms with Gasteiger partial charge >= 0.3 is 0 Å². The van der Waals surface area contributed by atoms with Crippen molar-refractivity contribution in [1.29, 1.82) is 0 Å². The van der Waals surface area contributed by atoms with E-state index in [-0.39, 0.29) is 0 Å². The van der Waals surface area contributed by atoms with Gasteiger partial charge in [0.2, 0.25) is 0 Å². The molecule has 2 aromatic rings. The average molecular weight is 248 g/mol. The van der Waals surface area contributed by atoms with Gasteiger partial charge < -0.3 is 5.32 Å². The number of aryl methyl sites for hydroxylation is 2. The van der Waals surface area contributed by atoms with Crippen molar-refractivity contribution < 1.29 is 0 Å². The summed E-state index contributed by atoms with van der Waals surface area (Å²) < 4.78 is 0. The molecule has 17 heavy (non-hydrogen) atoms. The Balaban J connectivity index is 2.48. The van der Waals surface area contributed by atoms with Crippen molar-refractivity contribution in [3.63, 3.8) is 0 Å². The number of aromatic nitrogens is 3. The van der Waals surface area contributed by atoms with E-state index in [0.717, 1.165) is 34.3 Å². The predicted molar refractivity (Wildman–Crippen MR) is 71.5 cm³/mol. The fourth-order valence-electron chi connectivity index (χ4n) is 1.52. The monoisotopic (exact) mass is 248 g/mol. The fourth-order valence-corrected chi connectivity index (χ4v) is 2.25. The molecule has 90 valence electrons. The first-order valence-electron chi connectivity index (χ1n) is 5.63. The predicted octanol–water partition coefficient (Wildman–Crippen LogP) is 2.96. The van der Waals surface area contributed by atoms with Crippen molar-refractivity contribution in [1.82, 2.24) is 15.0 Å². The van der Waals surface area contributed by atoms with E-state index >= 15 is 0 Å². The first-order chi connectivity index (χ1) is 8.11. The molecule has 0 amide bonds. The van der Waals surface area contributed by atoms with Crippen LogP contribution in [0.3, 0.4) is 0 Å². The number of nitrogens with one attached hydrogen (secondary N) is 1. The molecule has 0 bridgehead atoms. The Morgan fingerprint density at radius 2 is 1.94 bits per heavy atom. The van der Waals surface area contributed by atoms with Gasteiger partial charge in [-0.25, -0.2) is 15.0 Å². The quantitative estimate of drug-likeness (QED) is 0.907. The van der Waals surface area contributed by atoms with Crippen LogP contribution in [0.4, 0.5) is 5.82 Å². The third-order valence-electron chi connectivity index (χ3n) is 2.54. The topological polar surface area (TPSA) is 50.7 Å². The van der Waals surface area contributed by atoms with E-state index in [1.807, 2.05) is 26.2 Å². The Bertz CT molecular complexity index is 533. The molecule has 0 aliphatic rings. The molecular formula is C12H16N4S. The summed E-state index contributed by atoms with van der Waals surface area (Å²) in [4.78, 5) is 13.4. The molecule has 2 heterocycles. The van der Waals surface area contributed by atoms with Crippen LogP contribution in [-0.2, 0) is 0 Å². The first-order valence-corrected chi connectivity index (χ1v) is 6.51. The minimum atomic E-state index is 0.710. The molecule has 2 rings (SSSR count). The van der Waals surface area contributed by atoms with E-state index in [4.69, 9.17) is 0 Å². The van der Waals surface area contributed by atoms with Crippen LogP contribution >= 0.6 is 11.3 Å². The number of thiazole rings is 1. The maximum atomic E-state index is 4.53. The van der Waals surface area contributed by atoms with Crippen molar-refractivity contribution in [2.75, 3.05) is 11.9 Å². The Morgan fingerprint density at radius 3 is 2.53 bits per heavy atom. The van der Waals surface area contributed by atoms with Gasteiger partial charge in [0.1, 0.15) is 5.82 Å². The Morgan fingerprint density at radius 1 is 1.18 bits per heavy atom. The molecule has 0 fully saturated rings. The van der Waals surface area contributed by atoms with Gasteiger partial charge in [-0.3, -0.25) is 0 Å². The van der Waals surface area contributed by atoms with E-state index in [2.05, 4.69) is 27.2 Å². The number of hydrogen-bond donors (Lipinski definition) is 1. The lowest BCUT2D eigenvalue weighted by atomic mass is 10.2. The molecule has 0 unspecified atom stereocenters. The van der Waals surface area contributed by atoms with Crippen molar-refractivity contribution in [3.05, 3.63) is 22.3 Å². The number of nitrogens with zero attached hydrogens (tertiary/aromatic N) is 3. The van der Waals surface area contributed by atoms with E-state index in [1.54, 1.807) is 11.3 Å². The lowest BCUT2D eigenvalue weighted by Crippen LogP contribution is -2.06. The van der Waals surface area contributed by atoms with Gasteiger partial charge in [0.25, 0.3) is 0 Å². The van der Waals surface area contributed by atoms with Crippen molar-refractivity contribution in [2.45, 2.75) is 27.7 Å². The fraction of sp³-hybridized carbons (Fsp3) is 0.417. The molecule has 0 aromatic carbocycles. The Hall–Kier alpha value is -1.49. The maximum Gasteiger partial charge on any atom is 0.190 e. The van der Waals surface area contributed by atoms with Crippen LogP contribution in [0.15, 0.2) is 5.38 Å². The highest BCUT2D eigenvalue weighted by molar-refractivity contribution is 7.13. The van der Waals surface area contributed by atoms with Crippen molar-refractivity contribution >= 4 is 17.2 Å². The Kier molecular flexibility index (Phi) is 3.38. The van der Waals surface area contributed by atoms with Crippen LogP contribution in [0.5, 0.6) is 0 Å². The summed E-state index contributed by atoms with van der Waals surface area (Å²) in [5.41, 5.74) is 3.11. The van der Waals surface area contributed by atoms with Gasteiger partial charge in [-0.05, 0) is 27.7 Å². The second-order valence-corrected chi connectivity index (χ2v) is 4.79. The standard InChI is InChI=1S/C12H16N4S/c1-5-13-10-8(3)9(4)15-11(16-10)12-14-7(2)6-17-12/h6H,5H2,1-4H3,(H,13,15,16). The van der Waals surface area contributed by atoms with Gasteiger partial charge in [0.15, 0.2) is 10.8 Å². The SMILES string of the molecule is CCNc1nc(-c2nc(C)cs2)nc(C)c1C. The Labute approximate surface area is 105 Å². The maximum absolute atomic E-state index is 4.53. The molecule has 0 aliphatic carbocycles. The van der Waals surface area contributed by atoms with Crippen LogP contribution < -0.4 is 5.32 Å². The van der Waals surface area contributed by atoms with Crippen molar-refractivity contribution in [3.8, 4) is 10.8 Å². The van der Waals surface area contributed by atoms with E-state index in [1.165, 1.54) is 0 Å². The van der Waals surface area contributed by atoms with Gasteiger partial charge in [0.05, 0.1) is 0 Å². The molecular weight excluding hydrogens is 232 g/mol. The summed E-state index contributed by atoms with van der Waals surface area (Å²) in [6.07, 6.45) is 0. The molecule has 0 spiro atoms. The minimum Gasteiger partial charge on any atom is -0.370 e. The van der Waals surface area contributed by atoms with Gasteiger partial charge in [-0.2, -0.15) is 0 Å². The second kappa shape index (κ2) is 4.79. The zero-order valence-electron chi connectivity index (χ0n) is 10.5. The largest absolute Gasteiger partial charge is 0.370 e. The third-order valence-corrected chi connectivity index (χ3v) is 3.50. The molecule has 0 aliphatic heterocycles. The van der Waals surface area contributed by atoms with Crippen LogP contribution in [0.25, 0.3) is 10.8 Å². The second-order valence-electron chi connectivity index (χ2n) is 3.93. The molecule has 4 nitrogen and oxygen atoms in total. The number of rotatable bonds is 3. The zero-order chi connectivity index (χ0) is 12.4. The summed E-state index contributed by atoms with van der Waals surface area (Å²) in [7, 11) is 0. The van der Waals surface area contributed by atoms with Crippen LogP contribution in [0.1, 0.15) is 23.9 Å². The third kappa shape index (κ3) is 2.44. The zero-order valence-corrected chi connectivity index (χ0v) is 11.4. The van der Waals surface area contributed by atoms with E-state index < -0.39 is 0 Å². The average Bonchev–Trinajstić information content (AvgIpc) is 2.71. The molecule has 0 saturated heterocycles. The first kappa shape index (κ1) is 12.0. The molecule has 1 N–H and O–H groups in total. The lowest BCUT2D eigenvalue weighted by Gasteiger charge is -2.09. The summed E-state index contributed by atoms with van der Waals surface area (Å²) >= 11 is 1.58. The van der Waals surface area contributed by atoms with E-state index in [0.29, 0.717) is 5.82 Å². The highest BCUT2D eigenvalue weighted by Gasteiger charge is 2.11. The molecule has 0 atom stereocenters. The molecule has 0 saturated carbocycles. The van der Waals surface area contributed by atoms with Gasteiger partial charge in [0, 0.05) is 28.9 Å². The summed E-state index contributed by atoms with van der Waals surface area (Å²) in [6.45, 7) is 8.93. The van der Waals surface area contributed by atoms with Gasteiger partial charge in [-0.15, -0.1) is 11.3 Å². The molecule has 5 heteroatoms. The number of hydrogen-bond acceptors (Lipinski definition) is 5. The minimum absolute atomic E-state index is 0.710. The van der Waals surface area contributed by atoms with Gasteiger partial charge in [-0.1, -0.05) is 0 Å².